The molecule has 1 aromatic carbocycles. The molecule has 0 atom stereocenters. The lowest BCUT2D eigenvalue weighted by Gasteiger charge is -2.03. The van der Waals surface area contributed by atoms with Crippen molar-refractivity contribution in [3.05, 3.63) is 45.1 Å². The number of phenolic OH excluding ortho intramolecular Hbond substituents is 1. The molecule has 0 radical (unpaired) electrons. The van der Waals surface area contributed by atoms with Crippen molar-refractivity contribution in [3.8, 4) is 5.75 Å². The van der Waals surface area contributed by atoms with Crippen LogP contribution in [-0.2, 0) is 0 Å². The molecule has 16 heavy (non-hydrogen) atoms. The Labute approximate surface area is 105 Å². The van der Waals surface area contributed by atoms with Crippen LogP contribution in [0, 0.1) is 0 Å². The highest BCUT2D eigenvalue weighted by molar-refractivity contribution is 9.11. The van der Waals surface area contributed by atoms with Gasteiger partial charge < -0.3 is 10.4 Å². The van der Waals surface area contributed by atoms with Gasteiger partial charge in [0.25, 0.3) is 5.91 Å². The molecule has 5 heteroatoms. The Balaban J connectivity index is 2.10. The number of thiophene rings is 1. The van der Waals surface area contributed by atoms with Crippen LogP contribution in [0.25, 0.3) is 0 Å². The average molecular weight is 298 g/mol. The number of nitrogens with one attached hydrogen (secondary N) is 1. The Kier molecular flexibility index (Phi) is 3.26. The Hall–Kier alpha value is -1.33. The lowest BCUT2D eigenvalue weighted by atomic mass is 10.2. The molecule has 2 aromatic rings. The highest BCUT2D eigenvalue weighted by Gasteiger charge is 2.07. The Bertz CT molecular complexity index is 507. The van der Waals surface area contributed by atoms with E-state index >= 15 is 0 Å². The summed E-state index contributed by atoms with van der Waals surface area (Å²) in [5.74, 6) is 0.0175. The van der Waals surface area contributed by atoms with Crippen LogP contribution >= 0.6 is 27.3 Å². The summed E-state index contributed by atoms with van der Waals surface area (Å²) in [5.41, 5.74) is 1.27. The molecule has 2 rings (SSSR count). The molecule has 0 spiro atoms. The Morgan fingerprint density at radius 1 is 1.31 bits per heavy atom. The van der Waals surface area contributed by atoms with E-state index in [1.165, 1.54) is 23.5 Å². The topological polar surface area (TPSA) is 49.3 Å². The first kappa shape index (κ1) is 11.2. The number of amides is 1. The van der Waals surface area contributed by atoms with E-state index in [9.17, 15) is 4.79 Å². The van der Waals surface area contributed by atoms with Crippen molar-refractivity contribution in [2.75, 3.05) is 5.32 Å². The minimum Gasteiger partial charge on any atom is -0.508 e. The van der Waals surface area contributed by atoms with Crippen LogP contribution in [0.2, 0.25) is 0 Å². The monoisotopic (exact) mass is 297 g/mol. The van der Waals surface area contributed by atoms with Crippen LogP contribution in [0.4, 0.5) is 5.69 Å². The number of phenols is 1. The highest BCUT2D eigenvalue weighted by Crippen LogP contribution is 2.22. The summed E-state index contributed by atoms with van der Waals surface area (Å²) in [6, 6.07) is 8.11. The van der Waals surface area contributed by atoms with Gasteiger partial charge in [0.2, 0.25) is 0 Å². The van der Waals surface area contributed by atoms with Gasteiger partial charge in [0.1, 0.15) is 5.75 Å². The van der Waals surface area contributed by atoms with E-state index in [0.717, 1.165) is 3.79 Å². The maximum absolute atomic E-state index is 11.7. The van der Waals surface area contributed by atoms with Crippen LogP contribution in [0.3, 0.4) is 0 Å². The second-order valence-corrected chi connectivity index (χ2v) is 5.43. The number of anilines is 1. The number of aromatic hydroxyl groups is 1. The summed E-state index contributed by atoms with van der Waals surface area (Å²) in [7, 11) is 0. The van der Waals surface area contributed by atoms with Gasteiger partial charge in [-0.1, -0.05) is 0 Å². The predicted octanol–water partition coefficient (Wildman–Crippen LogP) is 3.47. The number of carbonyl (C=O) groups is 1. The molecule has 0 fully saturated rings. The van der Waals surface area contributed by atoms with E-state index in [-0.39, 0.29) is 11.7 Å². The first-order valence-corrected chi connectivity index (χ1v) is 6.17. The third-order valence-corrected chi connectivity index (χ3v) is 3.46. The van der Waals surface area contributed by atoms with Gasteiger partial charge in [-0.3, -0.25) is 4.79 Å². The van der Waals surface area contributed by atoms with Crippen LogP contribution in [0.15, 0.2) is 39.5 Å². The third kappa shape index (κ3) is 2.62. The van der Waals surface area contributed by atoms with E-state index in [1.54, 1.807) is 23.6 Å². The second kappa shape index (κ2) is 4.67. The predicted molar refractivity (Wildman–Crippen MR) is 68.1 cm³/mol. The van der Waals surface area contributed by atoms with Gasteiger partial charge in [-0.2, -0.15) is 0 Å². The summed E-state index contributed by atoms with van der Waals surface area (Å²) in [4.78, 5) is 11.7. The molecular weight excluding hydrogens is 290 g/mol. The van der Waals surface area contributed by atoms with E-state index in [0.29, 0.717) is 11.3 Å². The molecule has 3 nitrogen and oxygen atoms in total. The largest absolute Gasteiger partial charge is 0.508 e. The van der Waals surface area contributed by atoms with Crippen molar-refractivity contribution in [2.24, 2.45) is 0 Å². The maximum atomic E-state index is 11.7. The van der Waals surface area contributed by atoms with Gasteiger partial charge in [0.15, 0.2) is 0 Å². The molecule has 0 saturated heterocycles. The number of carbonyl (C=O) groups excluding carboxylic acids is 1. The average Bonchev–Trinajstić information content (AvgIpc) is 2.68. The molecule has 0 aliphatic heterocycles. The molecule has 0 unspecified atom stereocenters. The number of benzene rings is 1. The minimum absolute atomic E-state index is 0.160. The lowest BCUT2D eigenvalue weighted by Crippen LogP contribution is -2.10. The quantitative estimate of drug-likeness (QED) is 0.834. The standard InChI is InChI=1S/C11H8BrNO2S/c12-10-5-7(6-16-10)11(15)13-8-1-3-9(14)4-2-8/h1-6,14H,(H,13,15). The number of hydrogen-bond donors (Lipinski definition) is 2. The lowest BCUT2D eigenvalue weighted by molar-refractivity contribution is 0.102. The van der Waals surface area contributed by atoms with Crippen molar-refractivity contribution in [1.82, 2.24) is 0 Å². The van der Waals surface area contributed by atoms with Crippen molar-refractivity contribution in [1.29, 1.82) is 0 Å². The summed E-state index contributed by atoms with van der Waals surface area (Å²) >= 11 is 4.76. The van der Waals surface area contributed by atoms with Crippen molar-refractivity contribution in [2.45, 2.75) is 0 Å². The number of hydrogen-bond acceptors (Lipinski definition) is 3. The fraction of sp³-hybridized carbons (Fsp3) is 0. The number of rotatable bonds is 2. The fourth-order valence-corrected chi connectivity index (χ4v) is 2.31. The Morgan fingerprint density at radius 3 is 2.56 bits per heavy atom. The van der Waals surface area contributed by atoms with Gasteiger partial charge in [-0.05, 0) is 46.3 Å². The summed E-state index contributed by atoms with van der Waals surface area (Å²) in [6.07, 6.45) is 0. The van der Waals surface area contributed by atoms with Gasteiger partial charge in [-0.15, -0.1) is 11.3 Å². The van der Waals surface area contributed by atoms with Crippen LogP contribution < -0.4 is 5.32 Å². The SMILES string of the molecule is O=C(Nc1ccc(O)cc1)c1csc(Br)c1. The second-order valence-electron chi connectivity index (χ2n) is 3.14. The first-order valence-electron chi connectivity index (χ1n) is 4.49. The molecule has 0 aliphatic carbocycles. The zero-order chi connectivity index (χ0) is 11.5. The molecule has 0 saturated carbocycles. The maximum Gasteiger partial charge on any atom is 0.256 e. The zero-order valence-corrected chi connectivity index (χ0v) is 10.5. The molecule has 1 heterocycles. The van der Waals surface area contributed by atoms with Crippen LogP contribution in [0.5, 0.6) is 5.75 Å². The molecule has 1 amide bonds. The van der Waals surface area contributed by atoms with E-state index in [1.807, 2.05) is 0 Å². The van der Waals surface area contributed by atoms with E-state index in [2.05, 4.69) is 21.2 Å². The van der Waals surface area contributed by atoms with Crippen molar-refractivity contribution >= 4 is 38.9 Å². The van der Waals surface area contributed by atoms with E-state index < -0.39 is 0 Å². The third-order valence-electron chi connectivity index (χ3n) is 1.95. The van der Waals surface area contributed by atoms with Crippen molar-refractivity contribution in [3.63, 3.8) is 0 Å². The molecular formula is C11H8BrNO2S. The molecule has 0 bridgehead atoms. The Morgan fingerprint density at radius 2 is 2.00 bits per heavy atom. The summed E-state index contributed by atoms with van der Waals surface area (Å²) < 4.78 is 0.920. The fourth-order valence-electron chi connectivity index (χ4n) is 1.18. The molecule has 0 aliphatic rings. The number of halogens is 1. The minimum atomic E-state index is -0.160. The van der Waals surface area contributed by atoms with Crippen molar-refractivity contribution < 1.29 is 9.90 Å². The summed E-state index contributed by atoms with van der Waals surface area (Å²) in [6.45, 7) is 0. The van der Waals surface area contributed by atoms with Gasteiger partial charge >= 0.3 is 0 Å². The normalized spacial score (nSPS) is 10.1. The molecule has 2 N–H and O–H groups in total. The summed E-state index contributed by atoms with van der Waals surface area (Å²) in [5, 5.41) is 13.6. The van der Waals surface area contributed by atoms with Gasteiger partial charge in [-0.25, -0.2) is 0 Å². The molecule has 1 aromatic heterocycles. The van der Waals surface area contributed by atoms with E-state index in [4.69, 9.17) is 5.11 Å². The smallest absolute Gasteiger partial charge is 0.256 e. The first-order chi connectivity index (χ1) is 7.65. The highest BCUT2D eigenvalue weighted by atomic mass is 79.9. The van der Waals surface area contributed by atoms with Gasteiger partial charge in [0.05, 0.1) is 9.35 Å². The zero-order valence-electron chi connectivity index (χ0n) is 8.11. The molecule has 82 valence electrons. The van der Waals surface area contributed by atoms with Crippen LogP contribution in [-0.4, -0.2) is 11.0 Å². The van der Waals surface area contributed by atoms with Crippen LogP contribution in [0.1, 0.15) is 10.4 Å². The van der Waals surface area contributed by atoms with Gasteiger partial charge in [0, 0.05) is 11.1 Å².